The smallest absolute Gasteiger partial charge is 0.115 e. The van der Waals surface area contributed by atoms with Crippen LogP contribution in [0.4, 0.5) is 0 Å². The summed E-state index contributed by atoms with van der Waals surface area (Å²) in [6.45, 7) is 9.56. The first-order chi connectivity index (χ1) is 12.3. The molecule has 0 unspecified atom stereocenters. The molecule has 2 aliphatic carbocycles. The van der Waals surface area contributed by atoms with Crippen molar-refractivity contribution in [2.75, 3.05) is 0 Å². The van der Waals surface area contributed by atoms with Gasteiger partial charge < -0.3 is 5.11 Å². The molecular formula is C25H30O. The van der Waals surface area contributed by atoms with Crippen molar-refractivity contribution >= 4 is 11.6 Å². The van der Waals surface area contributed by atoms with Gasteiger partial charge in [0.1, 0.15) is 5.75 Å². The van der Waals surface area contributed by atoms with Gasteiger partial charge in [0.2, 0.25) is 0 Å². The Bertz CT molecular complexity index is 848. The highest BCUT2D eigenvalue weighted by Crippen LogP contribution is 2.48. The third-order valence-electron chi connectivity index (χ3n) is 6.42. The van der Waals surface area contributed by atoms with Crippen molar-refractivity contribution in [3.05, 3.63) is 64.7 Å². The Labute approximate surface area is 157 Å². The molecule has 1 nitrogen and oxygen atoms in total. The third-order valence-corrected chi connectivity index (χ3v) is 6.42. The highest BCUT2D eigenvalue weighted by Gasteiger charge is 2.37. The molecule has 2 aromatic rings. The maximum atomic E-state index is 9.55. The van der Waals surface area contributed by atoms with Crippen LogP contribution in [-0.2, 0) is 10.8 Å². The molecule has 1 fully saturated rings. The van der Waals surface area contributed by atoms with E-state index < -0.39 is 0 Å². The zero-order valence-corrected chi connectivity index (χ0v) is 16.5. The van der Waals surface area contributed by atoms with Crippen LogP contribution in [-0.4, -0.2) is 5.11 Å². The molecule has 0 saturated heterocycles. The van der Waals surface area contributed by atoms with Gasteiger partial charge in [-0.25, -0.2) is 0 Å². The van der Waals surface area contributed by atoms with Crippen molar-refractivity contribution in [2.24, 2.45) is 5.92 Å². The van der Waals surface area contributed by atoms with Crippen molar-refractivity contribution in [2.45, 2.75) is 64.2 Å². The van der Waals surface area contributed by atoms with E-state index in [1.807, 2.05) is 12.1 Å². The Morgan fingerprint density at radius 1 is 0.885 bits per heavy atom. The Morgan fingerprint density at radius 2 is 1.50 bits per heavy atom. The minimum atomic E-state index is 0.244. The number of phenols is 1. The lowest BCUT2D eigenvalue weighted by Crippen LogP contribution is -2.33. The molecule has 0 atom stereocenters. The second kappa shape index (κ2) is 6.01. The second-order valence-corrected chi connectivity index (χ2v) is 9.49. The zero-order chi connectivity index (χ0) is 18.5. The lowest BCUT2D eigenvalue weighted by Gasteiger charge is -2.42. The Kier molecular flexibility index (Phi) is 4.02. The predicted molar refractivity (Wildman–Crippen MR) is 110 cm³/mol. The van der Waals surface area contributed by atoms with Gasteiger partial charge in [-0.15, -0.1) is 0 Å². The second-order valence-electron chi connectivity index (χ2n) is 9.49. The van der Waals surface area contributed by atoms with E-state index in [0.29, 0.717) is 11.7 Å². The summed E-state index contributed by atoms with van der Waals surface area (Å²) >= 11 is 0. The number of aromatic hydroxyl groups is 1. The topological polar surface area (TPSA) is 20.2 Å². The Hall–Kier alpha value is -2.02. The first-order valence-electron chi connectivity index (χ1n) is 9.92. The van der Waals surface area contributed by atoms with Gasteiger partial charge in [0, 0.05) is 0 Å². The summed E-state index contributed by atoms with van der Waals surface area (Å²) in [7, 11) is 0. The maximum Gasteiger partial charge on any atom is 0.115 e. The van der Waals surface area contributed by atoms with Crippen LogP contribution in [0.15, 0.2) is 42.5 Å². The predicted octanol–water partition coefficient (Wildman–Crippen LogP) is 6.69. The number of phenolic OH excluding ortho intramolecular Hbond substituents is 1. The molecule has 2 aromatic carbocycles. The van der Waals surface area contributed by atoms with Crippen LogP contribution in [0, 0.1) is 5.92 Å². The Morgan fingerprint density at radius 3 is 2.12 bits per heavy atom. The molecule has 4 rings (SSSR count). The van der Waals surface area contributed by atoms with Crippen molar-refractivity contribution in [3.8, 4) is 5.75 Å². The molecule has 26 heavy (non-hydrogen) atoms. The number of allylic oxidation sites excluding steroid dienone is 1. The summed E-state index contributed by atoms with van der Waals surface area (Å²) in [5, 5.41) is 9.55. The van der Waals surface area contributed by atoms with Crippen molar-refractivity contribution in [1.82, 2.24) is 0 Å². The minimum absolute atomic E-state index is 0.244. The van der Waals surface area contributed by atoms with Crippen LogP contribution in [0.3, 0.4) is 0 Å². The van der Waals surface area contributed by atoms with E-state index in [1.54, 1.807) is 12.1 Å². The molecule has 1 heteroatoms. The molecule has 2 aliphatic rings. The summed E-state index contributed by atoms with van der Waals surface area (Å²) in [4.78, 5) is 0. The molecule has 0 heterocycles. The molecule has 1 N–H and O–H groups in total. The quantitative estimate of drug-likeness (QED) is 0.614. The number of hydrogen-bond donors (Lipinski definition) is 1. The van der Waals surface area contributed by atoms with E-state index in [1.165, 1.54) is 53.5 Å². The lowest BCUT2D eigenvalue weighted by molar-refractivity contribution is 0.332. The standard InChI is InChI=1S/C25H30O/c1-24(2)13-14-25(3,4)23-16-19(9-12-22(23)24)21(18-7-8-18)15-17-5-10-20(26)11-6-17/h5-6,9-12,15-16,18,26H,7-8,13-14H2,1-4H3/b21-15-. The normalized spacial score (nSPS) is 21.3. The largest absolute Gasteiger partial charge is 0.508 e. The lowest BCUT2D eigenvalue weighted by atomic mass is 9.63. The molecular weight excluding hydrogens is 316 g/mol. The highest BCUT2D eigenvalue weighted by atomic mass is 16.3. The van der Waals surface area contributed by atoms with Gasteiger partial charge in [-0.1, -0.05) is 64.1 Å². The number of fused-ring (bicyclic) bond motifs is 1. The van der Waals surface area contributed by atoms with Gasteiger partial charge in [0.05, 0.1) is 0 Å². The van der Waals surface area contributed by atoms with Crippen LogP contribution in [0.25, 0.3) is 11.6 Å². The van der Waals surface area contributed by atoms with Gasteiger partial charge in [-0.3, -0.25) is 0 Å². The van der Waals surface area contributed by atoms with Gasteiger partial charge in [-0.2, -0.15) is 0 Å². The van der Waals surface area contributed by atoms with E-state index in [0.717, 1.165) is 0 Å². The van der Waals surface area contributed by atoms with E-state index >= 15 is 0 Å². The van der Waals surface area contributed by atoms with Crippen LogP contribution >= 0.6 is 0 Å². The molecule has 1 saturated carbocycles. The Balaban J connectivity index is 1.80. The molecule has 136 valence electrons. The average molecular weight is 347 g/mol. The minimum Gasteiger partial charge on any atom is -0.508 e. The average Bonchev–Trinajstić information content (AvgIpc) is 3.43. The molecule has 0 aliphatic heterocycles. The maximum absolute atomic E-state index is 9.55. The van der Waals surface area contributed by atoms with Crippen LogP contribution in [0.2, 0.25) is 0 Å². The van der Waals surface area contributed by atoms with Gasteiger partial charge in [0.15, 0.2) is 0 Å². The number of benzene rings is 2. The van der Waals surface area contributed by atoms with Gasteiger partial charge in [0.25, 0.3) is 0 Å². The molecule has 0 radical (unpaired) electrons. The number of rotatable bonds is 3. The van der Waals surface area contributed by atoms with Crippen LogP contribution in [0.1, 0.15) is 75.6 Å². The molecule has 0 aromatic heterocycles. The van der Waals surface area contributed by atoms with E-state index in [-0.39, 0.29) is 10.8 Å². The van der Waals surface area contributed by atoms with E-state index in [2.05, 4.69) is 52.0 Å². The first-order valence-corrected chi connectivity index (χ1v) is 9.92. The van der Waals surface area contributed by atoms with Crippen molar-refractivity contribution in [3.63, 3.8) is 0 Å². The van der Waals surface area contributed by atoms with Crippen LogP contribution in [0.5, 0.6) is 5.75 Å². The van der Waals surface area contributed by atoms with E-state index in [4.69, 9.17) is 0 Å². The SMILES string of the molecule is CC1(C)CCC(C)(C)c2cc(/C(=C\c3ccc(O)cc3)C3CC3)ccc21. The fourth-order valence-corrected chi connectivity index (χ4v) is 4.35. The summed E-state index contributed by atoms with van der Waals surface area (Å²) in [6, 6.07) is 14.8. The summed E-state index contributed by atoms with van der Waals surface area (Å²) in [6.07, 6.45) is 7.40. The molecule has 0 bridgehead atoms. The molecule has 0 spiro atoms. The first kappa shape index (κ1) is 17.4. The summed E-state index contributed by atoms with van der Waals surface area (Å²) < 4.78 is 0. The number of hydrogen-bond acceptors (Lipinski definition) is 1. The summed E-state index contributed by atoms with van der Waals surface area (Å²) in [5.74, 6) is 1.01. The third kappa shape index (κ3) is 3.20. The zero-order valence-electron chi connectivity index (χ0n) is 16.5. The molecule has 0 amide bonds. The van der Waals surface area contributed by atoms with Gasteiger partial charge in [-0.05, 0) is 82.4 Å². The fraction of sp³-hybridized carbons (Fsp3) is 0.440. The van der Waals surface area contributed by atoms with Crippen molar-refractivity contribution in [1.29, 1.82) is 0 Å². The fourth-order valence-electron chi connectivity index (χ4n) is 4.35. The highest BCUT2D eigenvalue weighted by molar-refractivity contribution is 5.84. The van der Waals surface area contributed by atoms with Gasteiger partial charge >= 0.3 is 0 Å². The van der Waals surface area contributed by atoms with Crippen molar-refractivity contribution < 1.29 is 5.11 Å². The van der Waals surface area contributed by atoms with E-state index in [9.17, 15) is 5.11 Å². The van der Waals surface area contributed by atoms with Crippen LogP contribution < -0.4 is 0 Å². The summed E-state index contributed by atoms with van der Waals surface area (Å²) in [5.41, 5.74) is 7.57. The monoisotopic (exact) mass is 346 g/mol.